The summed E-state index contributed by atoms with van der Waals surface area (Å²) in [6.45, 7) is 0. The third-order valence-corrected chi connectivity index (χ3v) is 3.29. The Kier molecular flexibility index (Phi) is 4.30. The molecule has 0 amide bonds. The lowest BCUT2D eigenvalue weighted by Crippen LogP contribution is -1.93. The molecule has 0 atom stereocenters. The number of hydrogen-bond donors (Lipinski definition) is 2. The van der Waals surface area contributed by atoms with E-state index in [2.05, 4.69) is 15.0 Å². The number of nitrogens with one attached hydrogen (secondary N) is 2. The second-order valence-electron chi connectivity index (χ2n) is 3.56. The van der Waals surface area contributed by atoms with Crippen molar-refractivity contribution < 1.29 is 4.74 Å². The molecule has 1 heterocycles. The molecule has 0 saturated carbocycles. The number of hydrogen-bond acceptors (Lipinski definition) is 5. The van der Waals surface area contributed by atoms with Gasteiger partial charge in [-0.1, -0.05) is 0 Å². The highest BCUT2D eigenvalue weighted by Crippen LogP contribution is 2.32. The van der Waals surface area contributed by atoms with Gasteiger partial charge >= 0.3 is 0 Å². The standard InChI is InChI=1S/C13H15N3OS/c1-14-11-3-4-12(17-2)13(9-11)18-16-10-5-7-15-8-6-10/h3-9,14H,1-2H3,(H,15,16). The fourth-order valence-electron chi connectivity index (χ4n) is 1.45. The van der Waals surface area contributed by atoms with Crippen LogP contribution in [0.4, 0.5) is 11.4 Å². The summed E-state index contributed by atoms with van der Waals surface area (Å²) in [5.41, 5.74) is 2.06. The van der Waals surface area contributed by atoms with Gasteiger partial charge < -0.3 is 14.8 Å². The zero-order valence-corrected chi connectivity index (χ0v) is 11.1. The fourth-order valence-corrected chi connectivity index (χ4v) is 2.25. The van der Waals surface area contributed by atoms with E-state index in [1.807, 2.05) is 37.4 Å². The molecular weight excluding hydrogens is 246 g/mol. The zero-order chi connectivity index (χ0) is 12.8. The molecule has 0 spiro atoms. The van der Waals surface area contributed by atoms with Crippen molar-refractivity contribution in [2.24, 2.45) is 0 Å². The van der Waals surface area contributed by atoms with Crippen LogP contribution in [0.25, 0.3) is 0 Å². The molecule has 0 fully saturated rings. The van der Waals surface area contributed by atoms with Gasteiger partial charge in [-0.25, -0.2) is 0 Å². The molecule has 4 nitrogen and oxygen atoms in total. The molecule has 0 aliphatic rings. The van der Waals surface area contributed by atoms with E-state index >= 15 is 0 Å². The lowest BCUT2D eigenvalue weighted by atomic mass is 10.3. The molecule has 94 valence electrons. The third kappa shape index (κ3) is 3.07. The van der Waals surface area contributed by atoms with Crippen LogP contribution in [0.1, 0.15) is 0 Å². The molecule has 0 aliphatic heterocycles. The largest absolute Gasteiger partial charge is 0.496 e. The Morgan fingerprint density at radius 3 is 2.56 bits per heavy atom. The Labute approximate surface area is 111 Å². The Hall–Kier alpha value is -1.88. The minimum absolute atomic E-state index is 0.848. The van der Waals surface area contributed by atoms with Crippen LogP contribution in [-0.2, 0) is 0 Å². The van der Waals surface area contributed by atoms with Gasteiger partial charge in [0.1, 0.15) is 5.75 Å². The number of aromatic nitrogens is 1. The van der Waals surface area contributed by atoms with Gasteiger partial charge in [-0.2, -0.15) is 0 Å². The molecule has 0 unspecified atom stereocenters. The Bertz CT molecular complexity index is 505. The van der Waals surface area contributed by atoms with Gasteiger partial charge in [-0.15, -0.1) is 0 Å². The second-order valence-corrected chi connectivity index (χ2v) is 4.40. The van der Waals surface area contributed by atoms with Crippen molar-refractivity contribution in [1.82, 2.24) is 4.98 Å². The Balaban J connectivity index is 2.12. The SMILES string of the molecule is CNc1ccc(OC)c(SNc2ccncc2)c1. The number of rotatable bonds is 5. The highest BCUT2D eigenvalue weighted by molar-refractivity contribution is 8.00. The smallest absolute Gasteiger partial charge is 0.134 e. The van der Waals surface area contributed by atoms with Gasteiger partial charge in [0.25, 0.3) is 0 Å². The number of methoxy groups -OCH3 is 1. The second kappa shape index (κ2) is 6.16. The van der Waals surface area contributed by atoms with Crippen LogP contribution in [0.2, 0.25) is 0 Å². The molecule has 0 radical (unpaired) electrons. The number of benzene rings is 1. The van der Waals surface area contributed by atoms with Crippen LogP contribution in [0, 0.1) is 0 Å². The normalized spacial score (nSPS) is 9.89. The van der Waals surface area contributed by atoms with Gasteiger partial charge in [-0.05, 0) is 42.3 Å². The monoisotopic (exact) mass is 261 g/mol. The van der Waals surface area contributed by atoms with Crippen molar-refractivity contribution in [2.75, 3.05) is 24.2 Å². The minimum atomic E-state index is 0.848. The Morgan fingerprint density at radius 1 is 1.11 bits per heavy atom. The first-order valence-corrected chi connectivity index (χ1v) is 6.34. The molecule has 0 saturated heterocycles. The maximum Gasteiger partial charge on any atom is 0.134 e. The lowest BCUT2D eigenvalue weighted by molar-refractivity contribution is 0.405. The quantitative estimate of drug-likeness (QED) is 0.809. The van der Waals surface area contributed by atoms with Crippen LogP contribution in [0.5, 0.6) is 5.75 Å². The van der Waals surface area contributed by atoms with Gasteiger partial charge in [0.15, 0.2) is 0 Å². The van der Waals surface area contributed by atoms with Crippen LogP contribution in [-0.4, -0.2) is 19.1 Å². The van der Waals surface area contributed by atoms with Crippen molar-refractivity contribution in [3.05, 3.63) is 42.7 Å². The first-order valence-electron chi connectivity index (χ1n) is 5.52. The van der Waals surface area contributed by atoms with E-state index in [-0.39, 0.29) is 0 Å². The number of pyridine rings is 1. The topological polar surface area (TPSA) is 46.2 Å². The highest BCUT2D eigenvalue weighted by Gasteiger charge is 2.05. The Morgan fingerprint density at radius 2 is 1.89 bits per heavy atom. The van der Waals surface area contributed by atoms with Crippen molar-refractivity contribution in [2.45, 2.75) is 4.90 Å². The summed E-state index contributed by atoms with van der Waals surface area (Å²) in [6.07, 6.45) is 3.51. The maximum atomic E-state index is 5.33. The third-order valence-electron chi connectivity index (χ3n) is 2.41. The molecule has 1 aromatic carbocycles. The summed E-state index contributed by atoms with van der Waals surface area (Å²) in [4.78, 5) is 5.01. The average molecular weight is 261 g/mol. The van der Waals surface area contributed by atoms with Crippen molar-refractivity contribution in [3.8, 4) is 5.75 Å². The summed E-state index contributed by atoms with van der Waals surface area (Å²) in [5.74, 6) is 0.848. The van der Waals surface area contributed by atoms with Crippen molar-refractivity contribution >= 4 is 23.3 Å². The molecule has 0 bridgehead atoms. The molecular formula is C13H15N3OS. The summed E-state index contributed by atoms with van der Waals surface area (Å²) in [7, 11) is 3.57. The molecule has 2 N–H and O–H groups in total. The first kappa shape index (κ1) is 12.6. The van der Waals surface area contributed by atoms with E-state index in [4.69, 9.17) is 4.74 Å². The lowest BCUT2D eigenvalue weighted by Gasteiger charge is -2.11. The molecule has 1 aromatic heterocycles. The predicted molar refractivity (Wildman–Crippen MR) is 76.3 cm³/mol. The summed E-state index contributed by atoms with van der Waals surface area (Å²) < 4.78 is 8.59. The average Bonchev–Trinajstić information content (AvgIpc) is 2.45. The van der Waals surface area contributed by atoms with Crippen LogP contribution < -0.4 is 14.8 Å². The summed E-state index contributed by atoms with van der Waals surface area (Å²) in [6, 6.07) is 9.80. The number of nitrogens with zero attached hydrogens (tertiary/aromatic N) is 1. The first-order chi connectivity index (χ1) is 8.83. The highest BCUT2D eigenvalue weighted by atomic mass is 32.2. The molecule has 5 heteroatoms. The van der Waals surface area contributed by atoms with Gasteiger partial charge in [0.2, 0.25) is 0 Å². The van der Waals surface area contributed by atoms with E-state index in [0.717, 1.165) is 22.0 Å². The molecule has 0 aliphatic carbocycles. The van der Waals surface area contributed by atoms with Gasteiger partial charge in [0.05, 0.1) is 12.0 Å². The molecule has 18 heavy (non-hydrogen) atoms. The van der Waals surface area contributed by atoms with Gasteiger partial charge in [0, 0.05) is 30.8 Å². The minimum Gasteiger partial charge on any atom is -0.496 e. The van der Waals surface area contributed by atoms with E-state index < -0.39 is 0 Å². The maximum absolute atomic E-state index is 5.33. The van der Waals surface area contributed by atoms with Crippen LogP contribution >= 0.6 is 11.9 Å². The number of ether oxygens (including phenoxy) is 1. The van der Waals surface area contributed by atoms with E-state index in [9.17, 15) is 0 Å². The summed E-state index contributed by atoms with van der Waals surface area (Å²) in [5, 5.41) is 3.11. The molecule has 2 aromatic rings. The number of anilines is 2. The van der Waals surface area contributed by atoms with E-state index in [1.165, 1.54) is 11.9 Å². The van der Waals surface area contributed by atoms with Crippen molar-refractivity contribution in [1.29, 1.82) is 0 Å². The molecule has 2 rings (SSSR count). The van der Waals surface area contributed by atoms with E-state index in [0.29, 0.717) is 0 Å². The fraction of sp³-hybridized carbons (Fsp3) is 0.154. The van der Waals surface area contributed by atoms with E-state index in [1.54, 1.807) is 19.5 Å². The van der Waals surface area contributed by atoms with Crippen LogP contribution in [0.3, 0.4) is 0 Å². The van der Waals surface area contributed by atoms with Gasteiger partial charge in [-0.3, -0.25) is 4.98 Å². The zero-order valence-electron chi connectivity index (χ0n) is 10.3. The predicted octanol–water partition coefficient (Wildman–Crippen LogP) is 3.25. The van der Waals surface area contributed by atoms with Crippen LogP contribution in [0.15, 0.2) is 47.6 Å². The van der Waals surface area contributed by atoms with Crippen molar-refractivity contribution in [3.63, 3.8) is 0 Å². The summed E-state index contributed by atoms with van der Waals surface area (Å²) >= 11 is 1.51.